The maximum absolute atomic E-state index is 10.7. The summed E-state index contributed by atoms with van der Waals surface area (Å²) in [5, 5.41) is 10.6. The van der Waals surface area contributed by atoms with Crippen LogP contribution in [0.2, 0.25) is 5.02 Å². The zero-order valence-corrected chi connectivity index (χ0v) is 12.2. The summed E-state index contributed by atoms with van der Waals surface area (Å²) >= 11 is 6.15. The number of aliphatic hydroxyl groups excluding tert-OH is 1. The lowest BCUT2D eigenvalue weighted by Gasteiger charge is -2.31. The Morgan fingerprint density at radius 1 is 1.42 bits per heavy atom. The number of amides is 1. The molecule has 0 bridgehead atoms. The van der Waals surface area contributed by atoms with Gasteiger partial charge in [0.1, 0.15) is 0 Å². The van der Waals surface area contributed by atoms with Crippen molar-refractivity contribution < 1.29 is 9.90 Å². The third-order valence-corrected chi connectivity index (χ3v) is 4.34. The van der Waals surface area contributed by atoms with E-state index in [9.17, 15) is 9.90 Å². The molecule has 3 nitrogen and oxygen atoms in total. The van der Waals surface area contributed by atoms with Gasteiger partial charge >= 0.3 is 0 Å². The van der Waals surface area contributed by atoms with Crippen LogP contribution in [0.4, 0.5) is 0 Å². The van der Waals surface area contributed by atoms with Gasteiger partial charge in [-0.1, -0.05) is 17.7 Å². The fraction of sp³-hybridized carbons (Fsp3) is 0.533. The first-order valence-electron chi connectivity index (χ1n) is 6.70. The third-order valence-electron chi connectivity index (χ3n) is 3.93. The molecule has 1 fully saturated rings. The zero-order valence-electron chi connectivity index (χ0n) is 11.4. The quantitative estimate of drug-likeness (QED) is 0.865. The van der Waals surface area contributed by atoms with E-state index in [4.69, 9.17) is 11.6 Å². The topological polar surface area (TPSA) is 40.5 Å². The Balaban J connectivity index is 2.28. The predicted molar refractivity (Wildman–Crippen MR) is 76.4 cm³/mol. The summed E-state index contributed by atoms with van der Waals surface area (Å²) in [7, 11) is 0. The summed E-state index contributed by atoms with van der Waals surface area (Å²) in [5.74, 6) is 0.400. The van der Waals surface area contributed by atoms with Crippen LogP contribution in [-0.4, -0.2) is 29.5 Å². The molecule has 1 saturated heterocycles. The van der Waals surface area contributed by atoms with E-state index >= 15 is 0 Å². The molecule has 1 aromatic carbocycles. The standard InChI is InChI=1S/C15H20ClNO2/c1-10-7-14(13(11(2)19)8-15(10)16)12-3-5-17(9-18)6-4-12/h7-9,11-12,19H,3-6H2,1-2H3. The van der Waals surface area contributed by atoms with Crippen molar-refractivity contribution in [2.45, 2.75) is 38.7 Å². The van der Waals surface area contributed by atoms with Gasteiger partial charge < -0.3 is 10.0 Å². The highest BCUT2D eigenvalue weighted by Gasteiger charge is 2.23. The zero-order chi connectivity index (χ0) is 14.0. The Morgan fingerprint density at radius 2 is 2.05 bits per heavy atom. The van der Waals surface area contributed by atoms with Crippen molar-refractivity contribution in [2.24, 2.45) is 0 Å². The molecule has 4 heteroatoms. The summed E-state index contributed by atoms with van der Waals surface area (Å²) in [4.78, 5) is 12.6. The predicted octanol–water partition coefficient (Wildman–Crippen LogP) is 3.04. The number of rotatable bonds is 3. The fourth-order valence-electron chi connectivity index (χ4n) is 2.75. The largest absolute Gasteiger partial charge is 0.389 e. The molecule has 1 aromatic rings. The Hall–Kier alpha value is -1.06. The van der Waals surface area contributed by atoms with Crippen LogP contribution in [-0.2, 0) is 4.79 Å². The second-order valence-corrected chi connectivity index (χ2v) is 5.73. The van der Waals surface area contributed by atoms with Gasteiger partial charge in [0.2, 0.25) is 6.41 Å². The van der Waals surface area contributed by atoms with Crippen molar-refractivity contribution in [1.29, 1.82) is 0 Å². The van der Waals surface area contributed by atoms with Crippen LogP contribution in [0.25, 0.3) is 0 Å². The minimum absolute atomic E-state index is 0.400. The number of piperidine rings is 1. The fourth-order valence-corrected chi connectivity index (χ4v) is 2.92. The minimum Gasteiger partial charge on any atom is -0.389 e. The van der Waals surface area contributed by atoms with Crippen molar-refractivity contribution in [2.75, 3.05) is 13.1 Å². The van der Waals surface area contributed by atoms with Crippen LogP contribution in [0.5, 0.6) is 0 Å². The molecule has 19 heavy (non-hydrogen) atoms. The number of hydrogen-bond acceptors (Lipinski definition) is 2. The van der Waals surface area contributed by atoms with Gasteiger partial charge in [-0.25, -0.2) is 0 Å². The van der Waals surface area contributed by atoms with Crippen LogP contribution in [0.15, 0.2) is 12.1 Å². The molecule has 1 unspecified atom stereocenters. The molecule has 0 saturated carbocycles. The lowest BCUT2D eigenvalue weighted by Crippen LogP contribution is -2.32. The van der Waals surface area contributed by atoms with Crippen LogP contribution in [0.1, 0.15) is 48.5 Å². The highest BCUT2D eigenvalue weighted by molar-refractivity contribution is 6.31. The van der Waals surface area contributed by atoms with Crippen LogP contribution in [0.3, 0.4) is 0 Å². The Bertz CT molecular complexity index is 465. The molecular weight excluding hydrogens is 262 g/mol. The number of hydrogen-bond donors (Lipinski definition) is 1. The van der Waals surface area contributed by atoms with Gasteiger partial charge in [0.15, 0.2) is 0 Å². The van der Waals surface area contributed by atoms with Crippen molar-refractivity contribution in [3.8, 4) is 0 Å². The lowest BCUT2D eigenvalue weighted by molar-refractivity contribution is -0.119. The van der Waals surface area contributed by atoms with E-state index in [1.165, 1.54) is 5.56 Å². The number of halogens is 1. The third kappa shape index (κ3) is 3.10. The molecule has 0 aromatic heterocycles. The van der Waals surface area contributed by atoms with Crippen molar-refractivity contribution in [3.05, 3.63) is 33.8 Å². The molecule has 0 aliphatic carbocycles. The number of carbonyl (C=O) groups is 1. The van der Waals surface area contributed by atoms with Gasteiger partial charge in [0.25, 0.3) is 0 Å². The molecule has 0 radical (unpaired) electrons. The van der Waals surface area contributed by atoms with Gasteiger partial charge in [-0.05, 0) is 55.4 Å². The first-order chi connectivity index (χ1) is 9.02. The van der Waals surface area contributed by atoms with Gasteiger partial charge in [-0.3, -0.25) is 4.79 Å². The normalized spacial score (nSPS) is 18.4. The molecule has 1 aliphatic rings. The monoisotopic (exact) mass is 281 g/mol. The second kappa shape index (κ2) is 5.93. The van der Waals surface area contributed by atoms with Crippen molar-refractivity contribution in [1.82, 2.24) is 4.90 Å². The summed E-state index contributed by atoms with van der Waals surface area (Å²) in [5.41, 5.74) is 3.14. The number of aliphatic hydroxyl groups is 1. The summed E-state index contributed by atoms with van der Waals surface area (Å²) in [6.07, 6.45) is 2.29. The average Bonchev–Trinajstić information content (AvgIpc) is 2.41. The van der Waals surface area contributed by atoms with E-state index in [1.807, 2.05) is 13.0 Å². The van der Waals surface area contributed by atoms with Crippen molar-refractivity contribution in [3.63, 3.8) is 0 Å². The molecule has 1 atom stereocenters. The number of benzene rings is 1. The van der Waals surface area contributed by atoms with Crippen molar-refractivity contribution >= 4 is 18.0 Å². The summed E-state index contributed by atoms with van der Waals surface area (Å²) in [6, 6.07) is 3.97. The lowest BCUT2D eigenvalue weighted by atomic mass is 9.84. The highest BCUT2D eigenvalue weighted by atomic mass is 35.5. The first-order valence-corrected chi connectivity index (χ1v) is 7.08. The second-order valence-electron chi connectivity index (χ2n) is 5.32. The van der Waals surface area contributed by atoms with E-state index in [0.717, 1.165) is 43.5 Å². The average molecular weight is 282 g/mol. The number of likely N-dealkylation sites (tertiary alicyclic amines) is 1. The molecule has 104 valence electrons. The van der Waals surface area contributed by atoms with Crippen LogP contribution >= 0.6 is 11.6 Å². The number of carbonyl (C=O) groups excluding carboxylic acids is 1. The summed E-state index contributed by atoms with van der Waals surface area (Å²) in [6.45, 7) is 5.33. The molecule has 1 N–H and O–H groups in total. The maximum atomic E-state index is 10.7. The Kier molecular flexibility index (Phi) is 4.48. The van der Waals surface area contributed by atoms with Gasteiger partial charge in [0.05, 0.1) is 6.10 Å². The number of nitrogens with zero attached hydrogens (tertiary/aromatic N) is 1. The smallest absolute Gasteiger partial charge is 0.209 e. The molecule has 2 rings (SSSR count). The van der Waals surface area contributed by atoms with Gasteiger partial charge in [0, 0.05) is 18.1 Å². The Labute approximate surface area is 119 Å². The Morgan fingerprint density at radius 3 is 2.58 bits per heavy atom. The van der Waals surface area contributed by atoms with Gasteiger partial charge in [-0.15, -0.1) is 0 Å². The molecular formula is C15H20ClNO2. The molecule has 1 heterocycles. The van der Waals surface area contributed by atoms with E-state index in [0.29, 0.717) is 10.9 Å². The number of aryl methyl sites for hydroxylation is 1. The van der Waals surface area contributed by atoms with Crippen LogP contribution < -0.4 is 0 Å². The van der Waals surface area contributed by atoms with E-state index in [-0.39, 0.29) is 0 Å². The molecule has 1 aliphatic heterocycles. The van der Waals surface area contributed by atoms with Crippen LogP contribution in [0, 0.1) is 6.92 Å². The van der Waals surface area contributed by atoms with Gasteiger partial charge in [-0.2, -0.15) is 0 Å². The minimum atomic E-state index is -0.516. The first kappa shape index (κ1) is 14.4. The van der Waals surface area contributed by atoms with E-state index in [1.54, 1.807) is 11.8 Å². The van der Waals surface area contributed by atoms with E-state index < -0.39 is 6.10 Å². The SMILES string of the molecule is Cc1cc(C2CCN(C=O)CC2)c(C(C)O)cc1Cl. The maximum Gasteiger partial charge on any atom is 0.209 e. The highest BCUT2D eigenvalue weighted by Crippen LogP contribution is 2.35. The molecule has 1 amide bonds. The molecule has 0 spiro atoms. The van der Waals surface area contributed by atoms with E-state index in [2.05, 4.69) is 6.07 Å². The summed E-state index contributed by atoms with van der Waals surface area (Å²) < 4.78 is 0.